The number of para-hydroxylation sites is 1. The maximum atomic E-state index is 12.0. The summed E-state index contributed by atoms with van der Waals surface area (Å²) in [5, 5.41) is 13.8. The first-order valence-corrected chi connectivity index (χ1v) is 6.56. The Morgan fingerprint density at radius 3 is 2.57 bits per heavy atom. The second-order valence-electron chi connectivity index (χ2n) is 4.18. The van der Waals surface area contributed by atoms with Crippen LogP contribution in [0.1, 0.15) is 5.82 Å². The van der Waals surface area contributed by atoms with Crippen molar-refractivity contribution in [1.29, 1.82) is 0 Å². The highest BCUT2D eigenvalue weighted by atomic mass is 35.5. The molecule has 9 heteroatoms. The molecule has 2 rings (SSSR count). The molecule has 0 spiro atoms. The molecule has 0 fully saturated rings. The van der Waals surface area contributed by atoms with E-state index in [1.807, 2.05) is 0 Å². The molecule has 1 heterocycles. The molecule has 1 aromatic carbocycles. The molecule has 0 aliphatic carbocycles. The van der Waals surface area contributed by atoms with Crippen molar-refractivity contribution in [2.45, 2.75) is 13.5 Å². The molecule has 21 heavy (non-hydrogen) atoms. The Morgan fingerprint density at radius 2 is 2.05 bits per heavy atom. The van der Waals surface area contributed by atoms with Crippen molar-refractivity contribution in [3.05, 3.63) is 50.4 Å². The van der Waals surface area contributed by atoms with Gasteiger partial charge in [0.05, 0.1) is 15.7 Å². The van der Waals surface area contributed by atoms with Gasteiger partial charge in [-0.25, -0.2) is 0 Å². The fraction of sp³-hybridized carbons (Fsp3) is 0.167. The summed E-state index contributed by atoms with van der Waals surface area (Å²) >= 11 is 11.9. The molecule has 0 radical (unpaired) electrons. The van der Waals surface area contributed by atoms with Crippen molar-refractivity contribution in [3.63, 3.8) is 0 Å². The molecule has 0 saturated heterocycles. The summed E-state index contributed by atoms with van der Waals surface area (Å²) in [4.78, 5) is 25.7. The second-order valence-corrected chi connectivity index (χ2v) is 4.99. The summed E-state index contributed by atoms with van der Waals surface area (Å²) in [6, 6.07) is 4.84. The Labute approximate surface area is 129 Å². The van der Waals surface area contributed by atoms with Gasteiger partial charge in [0.1, 0.15) is 12.7 Å². The lowest BCUT2D eigenvalue weighted by molar-refractivity contribution is -0.389. The molecular weight excluding hydrogens is 319 g/mol. The van der Waals surface area contributed by atoms with Gasteiger partial charge in [0.15, 0.2) is 0 Å². The van der Waals surface area contributed by atoms with Gasteiger partial charge in [-0.3, -0.25) is 9.36 Å². The number of benzene rings is 1. The van der Waals surface area contributed by atoms with Gasteiger partial charge >= 0.3 is 5.82 Å². The molecule has 1 amide bonds. The number of imidazole rings is 1. The van der Waals surface area contributed by atoms with Crippen LogP contribution in [0.25, 0.3) is 0 Å². The zero-order valence-electron chi connectivity index (χ0n) is 10.8. The van der Waals surface area contributed by atoms with Crippen molar-refractivity contribution in [1.82, 2.24) is 9.55 Å². The Kier molecular flexibility index (Phi) is 4.44. The first kappa shape index (κ1) is 15.3. The molecule has 0 aliphatic rings. The van der Waals surface area contributed by atoms with Crippen LogP contribution in [-0.2, 0) is 11.3 Å². The Bertz CT molecular complexity index is 694. The summed E-state index contributed by atoms with van der Waals surface area (Å²) in [5.74, 6) is -0.362. The van der Waals surface area contributed by atoms with E-state index < -0.39 is 10.8 Å². The van der Waals surface area contributed by atoms with E-state index >= 15 is 0 Å². The third kappa shape index (κ3) is 3.50. The summed E-state index contributed by atoms with van der Waals surface area (Å²) in [5.41, 5.74) is 0.304. The molecule has 7 nitrogen and oxygen atoms in total. The van der Waals surface area contributed by atoms with Crippen LogP contribution in [0.15, 0.2) is 24.4 Å². The minimum absolute atomic E-state index is 0.131. The number of rotatable bonds is 4. The molecule has 0 aliphatic heterocycles. The van der Waals surface area contributed by atoms with Crippen molar-refractivity contribution in [3.8, 4) is 0 Å². The lowest BCUT2D eigenvalue weighted by Gasteiger charge is -2.09. The highest BCUT2D eigenvalue weighted by Crippen LogP contribution is 2.29. The smallest absolute Gasteiger partial charge is 0.358 e. The Morgan fingerprint density at radius 1 is 1.43 bits per heavy atom. The highest BCUT2D eigenvalue weighted by Gasteiger charge is 2.17. The number of halogens is 2. The van der Waals surface area contributed by atoms with Crippen LogP contribution in [0.3, 0.4) is 0 Å². The third-order valence-electron chi connectivity index (χ3n) is 2.69. The van der Waals surface area contributed by atoms with Gasteiger partial charge in [0, 0.05) is 6.92 Å². The second kappa shape index (κ2) is 6.11. The lowest BCUT2D eigenvalue weighted by atomic mass is 10.3. The van der Waals surface area contributed by atoms with Gasteiger partial charge < -0.3 is 15.4 Å². The predicted molar refractivity (Wildman–Crippen MR) is 78.7 cm³/mol. The first-order chi connectivity index (χ1) is 9.88. The summed E-state index contributed by atoms with van der Waals surface area (Å²) in [6.07, 6.45) is 1.20. The predicted octanol–water partition coefficient (Wildman–Crippen LogP) is 3.05. The summed E-state index contributed by atoms with van der Waals surface area (Å²) < 4.78 is 1.37. The Hall–Kier alpha value is -2.12. The zero-order chi connectivity index (χ0) is 15.6. The van der Waals surface area contributed by atoms with E-state index in [0.29, 0.717) is 21.6 Å². The zero-order valence-corrected chi connectivity index (χ0v) is 12.4. The summed E-state index contributed by atoms with van der Waals surface area (Å²) in [6.45, 7) is 1.44. The lowest BCUT2D eigenvalue weighted by Crippen LogP contribution is -2.19. The number of aromatic nitrogens is 2. The average molecular weight is 329 g/mol. The minimum atomic E-state index is -0.619. The van der Waals surface area contributed by atoms with Crippen LogP contribution in [-0.4, -0.2) is 20.4 Å². The number of hydrogen-bond acceptors (Lipinski definition) is 4. The number of nitrogens with zero attached hydrogens (tertiary/aromatic N) is 3. The largest absolute Gasteiger partial charge is 0.381 e. The fourth-order valence-corrected chi connectivity index (χ4v) is 2.18. The van der Waals surface area contributed by atoms with Gasteiger partial charge in [0.25, 0.3) is 0 Å². The molecule has 0 unspecified atom stereocenters. The van der Waals surface area contributed by atoms with Crippen molar-refractivity contribution in [2.24, 2.45) is 0 Å². The van der Waals surface area contributed by atoms with Gasteiger partial charge in [-0.1, -0.05) is 29.3 Å². The van der Waals surface area contributed by atoms with Gasteiger partial charge in [0.2, 0.25) is 11.7 Å². The van der Waals surface area contributed by atoms with E-state index in [0.717, 1.165) is 0 Å². The van der Waals surface area contributed by atoms with Crippen molar-refractivity contribution < 1.29 is 9.72 Å². The fourth-order valence-electron chi connectivity index (χ4n) is 1.69. The van der Waals surface area contributed by atoms with Crippen LogP contribution in [0.2, 0.25) is 10.0 Å². The van der Waals surface area contributed by atoms with Crippen molar-refractivity contribution in [2.75, 3.05) is 5.32 Å². The highest BCUT2D eigenvalue weighted by molar-refractivity contribution is 6.39. The average Bonchev–Trinajstić information content (AvgIpc) is 2.76. The van der Waals surface area contributed by atoms with Crippen LogP contribution in [0.5, 0.6) is 0 Å². The number of anilines is 1. The third-order valence-corrected chi connectivity index (χ3v) is 3.32. The van der Waals surface area contributed by atoms with E-state index in [2.05, 4.69) is 10.3 Å². The van der Waals surface area contributed by atoms with E-state index in [-0.39, 0.29) is 12.4 Å². The van der Waals surface area contributed by atoms with Gasteiger partial charge in [-0.2, -0.15) is 0 Å². The van der Waals surface area contributed by atoms with Crippen LogP contribution in [0.4, 0.5) is 11.5 Å². The molecule has 110 valence electrons. The van der Waals surface area contributed by atoms with Crippen LogP contribution >= 0.6 is 23.2 Å². The van der Waals surface area contributed by atoms with Crippen LogP contribution < -0.4 is 5.32 Å². The van der Waals surface area contributed by atoms with E-state index in [1.54, 1.807) is 25.1 Å². The number of nitrogens with one attached hydrogen (secondary N) is 1. The molecule has 2 aromatic rings. The monoisotopic (exact) mass is 328 g/mol. The number of carbonyl (C=O) groups excluding carboxylic acids is 1. The quantitative estimate of drug-likeness (QED) is 0.689. The molecule has 1 N–H and O–H groups in total. The SMILES string of the molecule is Cc1nc([N+](=O)[O-])cn1CC(=O)Nc1c(Cl)cccc1Cl. The minimum Gasteiger partial charge on any atom is -0.358 e. The maximum absolute atomic E-state index is 12.0. The molecule has 0 saturated carbocycles. The summed E-state index contributed by atoms with van der Waals surface area (Å²) in [7, 11) is 0. The maximum Gasteiger partial charge on any atom is 0.381 e. The molecular formula is C12H10Cl2N4O3. The van der Waals surface area contributed by atoms with E-state index in [9.17, 15) is 14.9 Å². The molecule has 0 bridgehead atoms. The number of amides is 1. The first-order valence-electron chi connectivity index (χ1n) is 5.80. The Balaban J connectivity index is 2.14. The van der Waals surface area contributed by atoms with Gasteiger partial charge in [-0.05, 0) is 22.0 Å². The molecule has 0 atom stereocenters. The number of hydrogen-bond donors (Lipinski definition) is 1. The van der Waals surface area contributed by atoms with E-state index in [4.69, 9.17) is 23.2 Å². The molecule has 1 aromatic heterocycles. The number of carbonyl (C=O) groups is 1. The van der Waals surface area contributed by atoms with Gasteiger partial charge in [-0.15, -0.1) is 0 Å². The normalized spacial score (nSPS) is 10.4. The topological polar surface area (TPSA) is 90.1 Å². The standard InChI is InChI=1S/C12H10Cl2N4O3/c1-7-15-10(18(20)21)5-17(7)6-11(19)16-12-8(13)3-2-4-9(12)14/h2-5H,6H2,1H3,(H,16,19). The number of nitro groups is 1. The van der Waals surface area contributed by atoms with Crippen molar-refractivity contribution >= 4 is 40.6 Å². The number of aryl methyl sites for hydroxylation is 1. The van der Waals surface area contributed by atoms with Crippen LogP contribution in [0, 0.1) is 17.0 Å². The van der Waals surface area contributed by atoms with E-state index in [1.165, 1.54) is 10.8 Å².